The Morgan fingerprint density at radius 1 is 1.18 bits per heavy atom. The van der Waals surface area contributed by atoms with Gasteiger partial charge >= 0.3 is 11.9 Å². The standard InChI is InChI=1S/C23H29N3O7/c1-7-33-23(29)20(12(2)3)25-21(27)17-13(4)24-14(5)18(22(28)32-6)19(17)15-9-8-10-16(11-15)26(30)31/h8-12,19-20,24H,7H2,1-6H3,(H,25,27). The van der Waals surface area contributed by atoms with Crippen LogP contribution in [-0.4, -0.2) is 42.5 Å². The number of allylic oxidation sites excluding steroid dienone is 2. The van der Waals surface area contributed by atoms with Gasteiger partial charge in [-0.05, 0) is 32.3 Å². The number of rotatable bonds is 8. The van der Waals surface area contributed by atoms with Gasteiger partial charge in [-0.1, -0.05) is 26.0 Å². The number of nitrogens with one attached hydrogen (secondary N) is 2. The molecule has 0 bridgehead atoms. The Balaban J connectivity index is 2.62. The van der Waals surface area contributed by atoms with Crippen molar-refractivity contribution in [1.82, 2.24) is 10.6 Å². The van der Waals surface area contributed by atoms with E-state index >= 15 is 0 Å². The van der Waals surface area contributed by atoms with Gasteiger partial charge in [0.1, 0.15) is 6.04 Å². The molecule has 0 spiro atoms. The molecule has 2 unspecified atom stereocenters. The number of amides is 1. The van der Waals surface area contributed by atoms with Crippen molar-refractivity contribution in [2.75, 3.05) is 13.7 Å². The van der Waals surface area contributed by atoms with Crippen molar-refractivity contribution in [3.63, 3.8) is 0 Å². The van der Waals surface area contributed by atoms with Crippen LogP contribution in [0.3, 0.4) is 0 Å². The lowest BCUT2D eigenvalue weighted by Crippen LogP contribution is -2.47. The maximum absolute atomic E-state index is 13.5. The van der Waals surface area contributed by atoms with Crippen molar-refractivity contribution in [2.24, 2.45) is 5.92 Å². The summed E-state index contributed by atoms with van der Waals surface area (Å²) >= 11 is 0. The molecule has 10 nitrogen and oxygen atoms in total. The van der Waals surface area contributed by atoms with E-state index in [0.29, 0.717) is 17.0 Å². The summed E-state index contributed by atoms with van der Waals surface area (Å²) in [6.07, 6.45) is 0. The molecule has 1 amide bonds. The number of hydrogen-bond acceptors (Lipinski definition) is 8. The summed E-state index contributed by atoms with van der Waals surface area (Å²) in [6, 6.07) is 4.81. The first-order chi connectivity index (χ1) is 15.5. The van der Waals surface area contributed by atoms with Gasteiger partial charge in [0.2, 0.25) is 0 Å². The molecule has 10 heteroatoms. The summed E-state index contributed by atoms with van der Waals surface area (Å²) in [7, 11) is 1.22. The molecule has 1 heterocycles. The zero-order valence-corrected chi connectivity index (χ0v) is 19.6. The highest BCUT2D eigenvalue weighted by molar-refractivity contribution is 6.03. The number of ether oxygens (including phenoxy) is 2. The van der Waals surface area contributed by atoms with Crippen LogP contribution >= 0.6 is 0 Å². The van der Waals surface area contributed by atoms with Crippen molar-refractivity contribution in [1.29, 1.82) is 0 Å². The number of benzene rings is 1. The molecule has 2 rings (SSSR count). The van der Waals surface area contributed by atoms with Crippen molar-refractivity contribution in [2.45, 2.75) is 46.6 Å². The highest BCUT2D eigenvalue weighted by Crippen LogP contribution is 2.39. The Kier molecular flexibility index (Phi) is 8.33. The third-order valence-electron chi connectivity index (χ3n) is 5.32. The minimum atomic E-state index is -0.950. The zero-order valence-electron chi connectivity index (χ0n) is 19.6. The monoisotopic (exact) mass is 459 g/mol. The van der Waals surface area contributed by atoms with Gasteiger partial charge < -0.3 is 20.1 Å². The summed E-state index contributed by atoms with van der Waals surface area (Å²) in [5, 5.41) is 17.1. The van der Waals surface area contributed by atoms with Crippen LogP contribution in [0.4, 0.5) is 5.69 Å². The van der Waals surface area contributed by atoms with Crippen molar-refractivity contribution >= 4 is 23.5 Å². The largest absolute Gasteiger partial charge is 0.466 e. The maximum atomic E-state index is 13.5. The van der Waals surface area contributed by atoms with Crippen LogP contribution in [0.5, 0.6) is 0 Å². The highest BCUT2D eigenvalue weighted by Gasteiger charge is 2.39. The predicted octanol–water partition coefficient (Wildman–Crippen LogP) is 2.71. The predicted molar refractivity (Wildman–Crippen MR) is 120 cm³/mol. The molecule has 1 aromatic carbocycles. The second-order valence-electron chi connectivity index (χ2n) is 7.93. The number of hydrogen-bond donors (Lipinski definition) is 2. The average Bonchev–Trinajstić information content (AvgIpc) is 2.76. The van der Waals surface area contributed by atoms with Gasteiger partial charge in [-0.15, -0.1) is 0 Å². The summed E-state index contributed by atoms with van der Waals surface area (Å²) in [4.78, 5) is 49.4. The summed E-state index contributed by atoms with van der Waals surface area (Å²) in [5.74, 6) is -3.07. The van der Waals surface area contributed by atoms with Gasteiger partial charge in [-0.25, -0.2) is 9.59 Å². The topological polar surface area (TPSA) is 137 Å². The summed E-state index contributed by atoms with van der Waals surface area (Å²) < 4.78 is 10.0. The van der Waals surface area contributed by atoms with E-state index in [-0.39, 0.29) is 29.4 Å². The molecule has 2 atom stereocenters. The Bertz CT molecular complexity index is 1030. The average molecular weight is 459 g/mol. The Hall–Kier alpha value is -3.69. The van der Waals surface area contributed by atoms with Gasteiger partial charge in [0.15, 0.2) is 0 Å². The molecule has 1 aliphatic rings. The molecule has 1 aromatic rings. The van der Waals surface area contributed by atoms with E-state index in [4.69, 9.17) is 9.47 Å². The highest BCUT2D eigenvalue weighted by atomic mass is 16.6. The van der Waals surface area contributed by atoms with E-state index in [1.54, 1.807) is 40.7 Å². The number of non-ortho nitro benzene ring substituents is 1. The van der Waals surface area contributed by atoms with E-state index in [2.05, 4.69) is 10.6 Å². The molecule has 1 aliphatic heterocycles. The summed E-state index contributed by atoms with van der Waals surface area (Å²) in [5.41, 5.74) is 1.38. The third-order valence-corrected chi connectivity index (χ3v) is 5.32. The molecule has 0 saturated carbocycles. The number of carbonyl (C=O) groups excluding carboxylic acids is 3. The van der Waals surface area contributed by atoms with E-state index in [1.165, 1.54) is 25.3 Å². The lowest BCUT2D eigenvalue weighted by molar-refractivity contribution is -0.384. The first kappa shape index (κ1) is 25.6. The van der Waals surface area contributed by atoms with Crippen LogP contribution in [-0.2, 0) is 23.9 Å². The minimum absolute atomic E-state index is 0.144. The molecule has 2 N–H and O–H groups in total. The molecular formula is C23H29N3O7. The zero-order chi connectivity index (χ0) is 24.9. The number of methoxy groups -OCH3 is 1. The van der Waals surface area contributed by atoms with Crippen LogP contribution in [0.1, 0.15) is 46.1 Å². The fraction of sp³-hybridized carbons (Fsp3) is 0.435. The van der Waals surface area contributed by atoms with E-state index in [1.807, 2.05) is 0 Å². The van der Waals surface area contributed by atoms with Gasteiger partial charge in [0, 0.05) is 29.1 Å². The number of carbonyl (C=O) groups is 3. The number of nitro groups is 1. The Morgan fingerprint density at radius 2 is 1.82 bits per heavy atom. The minimum Gasteiger partial charge on any atom is -0.466 e. The van der Waals surface area contributed by atoms with Gasteiger partial charge in [0.25, 0.3) is 11.6 Å². The SMILES string of the molecule is CCOC(=O)C(NC(=O)C1=C(C)NC(C)=C(C(=O)OC)C1c1cccc([N+](=O)[O-])c1)C(C)C. The Labute approximate surface area is 192 Å². The second kappa shape index (κ2) is 10.8. The van der Waals surface area contributed by atoms with Crippen molar-refractivity contribution in [3.8, 4) is 0 Å². The quantitative estimate of drug-likeness (QED) is 0.344. The molecule has 0 saturated heterocycles. The van der Waals surface area contributed by atoms with Gasteiger partial charge in [-0.3, -0.25) is 14.9 Å². The lowest BCUT2D eigenvalue weighted by atomic mass is 9.79. The molecule has 33 heavy (non-hydrogen) atoms. The van der Waals surface area contributed by atoms with E-state index < -0.39 is 34.7 Å². The summed E-state index contributed by atoms with van der Waals surface area (Å²) in [6.45, 7) is 8.68. The van der Waals surface area contributed by atoms with Crippen LogP contribution in [0.15, 0.2) is 46.8 Å². The van der Waals surface area contributed by atoms with Gasteiger partial charge in [-0.2, -0.15) is 0 Å². The van der Waals surface area contributed by atoms with Crippen LogP contribution in [0.2, 0.25) is 0 Å². The molecule has 0 aliphatic carbocycles. The fourth-order valence-electron chi connectivity index (χ4n) is 3.78. The first-order valence-electron chi connectivity index (χ1n) is 10.5. The fourth-order valence-corrected chi connectivity index (χ4v) is 3.78. The molecule has 0 radical (unpaired) electrons. The lowest BCUT2D eigenvalue weighted by Gasteiger charge is -2.31. The van der Waals surface area contributed by atoms with E-state index in [0.717, 1.165) is 0 Å². The van der Waals surface area contributed by atoms with Crippen molar-refractivity contribution in [3.05, 3.63) is 62.5 Å². The first-order valence-corrected chi connectivity index (χ1v) is 10.5. The van der Waals surface area contributed by atoms with Crippen molar-refractivity contribution < 1.29 is 28.8 Å². The number of dihydropyridines is 1. The Morgan fingerprint density at radius 3 is 2.36 bits per heavy atom. The molecule has 0 aromatic heterocycles. The number of esters is 2. The number of nitrogens with zero attached hydrogens (tertiary/aromatic N) is 1. The second-order valence-corrected chi connectivity index (χ2v) is 7.93. The molecule has 0 fully saturated rings. The molecule has 178 valence electrons. The van der Waals surface area contributed by atoms with Crippen LogP contribution < -0.4 is 10.6 Å². The van der Waals surface area contributed by atoms with Crippen LogP contribution in [0.25, 0.3) is 0 Å². The molecular weight excluding hydrogens is 430 g/mol. The number of nitro benzene ring substituents is 1. The third kappa shape index (κ3) is 5.57. The van der Waals surface area contributed by atoms with Gasteiger partial charge in [0.05, 0.1) is 30.1 Å². The smallest absolute Gasteiger partial charge is 0.336 e. The van der Waals surface area contributed by atoms with Crippen LogP contribution in [0, 0.1) is 16.0 Å². The van der Waals surface area contributed by atoms with E-state index in [9.17, 15) is 24.5 Å². The maximum Gasteiger partial charge on any atom is 0.336 e. The normalized spacial score (nSPS) is 16.8.